The standard InChI is InChI=1S/C18H29N3O5S/c1-3-9-20(14-6-10-27(25,26)12-14)15(22)11-21-16(23)18(19-17(21)24)7-4-13(2)5-8-18/h13-14H,3-12H2,1-2H3,(H,19,24). The Bertz CT molecular complexity index is 727. The van der Waals surface area contributed by atoms with Crippen LogP contribution in [-0.4, -0.2) is 72.2 Å². The molecular weight excluding hydrogens is 370 g/mol. The van der Waals surface area contributed by atoms with Crippen LogP contribution in [0.15, 0.2) is 0 Å². The van der Waals surface area contributed by atoms with E-state index in [1.165, 1.54) is 0 Å². The van der Waals surface area contributed by atoms with Gasteiger partial charge in [0.1, 0.15) is 12.1 Å². The number of imide groups is 1. The summed E-state index contributed by atoms with van der Waals surface area (Å²) in [6, 6.07) is -0.883. The van der Waals surface area contributed by atoms with Gasteiger partial charge in [-0.2, -0.15) is 0 Å². The van der Waals surface area contributed by atoms with Crippen molar-refractivity contribution in [3.63, 3.8) is 0 Å². The van der Waals surface area contributed by atoms with Gasteiger partial charge in [-0.1, -0.05) is 13.8 Å². The number of nitrogens with one attached hydrogen (secondary N) is 1. The number of nitrogens with zero attached hydrogens (tertiary/aromatic N) is 2. The lowest BCUT2D eigenvalue weighted by Gasteiger charge is -2.34. The fraction of sp³-hybridized carbons (Fsp3) is 0.833. The van der Waals surface area contributed by atoms with Crippen LogP contribution in [0.3, 0.4) is 0 Å². The van der Waals surface area contributed by atoms with E-state index in [1.54, 1.807) is 4.90 Å². The maximum absolute atomic E-state index is 12.9. The molecule has 0 aromatic heterocycles. The number of rotatable bonds is 5. The van der Waals surface area contributed by atoms with Gasteiger partial charge in [0, 0.05) is 12.6 Å². The zero-order valence-corrected chi connectivity index (χ0v) is 16.9. The molecule has 0 radical (unpaired) electrons. The molecule has 2 aliphatic heterocycles. The Kier molecular flexibility index (Phi) is 5.52. The van der Waals surface area contributed by atoms with E-state index >= 15 is 0 Å². The number of amides is 4. The summed E-state index contributed by atoms with van der Waals surface area (Å²) in [7, 11) is -3.12. The summed E-state index contributed by atoms with van der Waals surface area (Å²) in [6.45, 7) is 4.15. The van der Waals surface area contributed by atoms with Crippen LogP contribution in [0.5, 0.6) is 0 Å². The van der Waals surface area contributed by atoms with Crippen molar-refractivity contribution in [2.24, 2.45) is 5.92 Å². The molecule has 1 unspecified atom stereocenters. The second-order valence-electron chi connectivity index (χ2n) is 8.23. The molecular formula is C18H29N3O5S. The first-order chi connectivity index (χ1) is 12.7. The van der Waals surface area contributed by atoms with Crippen LogP contribution >= 0.6 is 0 Å². The van der Waals surface area contributed by atoms with Crippen molar-refractivity contribution in [3.8, 4) is 0 Å². The van der Waals surface area contributed by atoms with Gasteiger partial charge in [0.25, 0.3) is 5.91 Å². The van der Waals surface area contributed by atoms with E-state index in [2.05, 4.69) is 12.2 Å². The number of hydrogen-bond acceptors (Lipinski definition) is 5. The molecule has 3 fully saturated rings. The quantitative estimate of drug-likeness (QED) is 0.692. The van der Waals surface area contributed by atoms with Crippen LogP contribution < -0.4 is 5.32 Å². The first kappa shape index (κ1) is 20.1. The molecule has 27 heavy (non-hydrogen) atoms. The summed E-state index contributed by atoms with van der Waals surface area (Å²) in [5.41, 5.74) is -0.865. The van der Waals surface area contributed by atoms with Crippen molar-refractivity contribution in [1.29, 1.82) is 0 Å². The molecule has 4 amide bonds. The Hall–Kier alpha value is -1.64. The van der Waals surface area contributed by atoms with Crippen molar-refractivity contribution in [3.05, 3.63) is 0 Å². The molecule has 3 rings (SSSR count). The van der Waals surface area contributed by atoms with Gasteiger partial charge < -0.3 is 10.2 Å². The summed E-state index contributed by atoms with van der Waals surface area (Å²) in [5.74, 6) is -0.108. The lowest BCUT2D eigenvalue weighted by Crippen LogP contribution is -2.51. The predicted molar refractivity (Wildman–Crippen MR) is 99.7 cm³/mol. The maximum atomic E-state index is 12.9. The fourth-order valence-electron chi connectivity index (χ4n) is 4.41. The van der Waals surface area contributed by atoms with Crippen molar-refractivity contribution in [2.45, 2.75) is 64.0 Å². The Morgan fingerprint density at radius 2 is 1.93 bits per heavy atom. The molecule has 8 nitrogen and oxygen atoms in total. The van der Waals surface area contributed by atoms with Crippen LogP contribution in [0.2, 0.25) is 0 Å². The monoisotopic (exact) mass is 399 g/mol. The van der Waals surface area contributed by atoms with Crippen LogP contribution in [-0.2, 0) is 19.4 Å². The van der Waals surface area contributed by atoms with Crippen molar-refractivity contribution in [2.75, 3.05) is 24.6 Å². The number of urea groups is 1. The molecule has 152 valence electrons. The lowest BCUT2D eigenvalue weighted by molar-refractivity contribution is -0.140. The number of carbonyl (C=O) groups is 3. The Morgan fingerprint density at radius 3 is 2.48 bits per heavy atom. The molecule has 2 saturated heterocycles. The van der Waals surface area contributed by atoms with E-state index in [1.807, 2.05) is 6.92 Å². The predicted octanol–water partition coefficient (Wildman–Crippen LogP) is 0.913. The van der Waals surface area contributed by atoms with E-state index < -0.39 is 21.4 Å². The minimum atomic E-state index is -3.12. The molecule has 9 heteroatoms. The highest BCUT2D eigenvalue weighted by Gasteiger charge is 2.52. The third kappa shape index (κ3) is 3.97. The number of hydrogen-bond donors (Lipinski definition) is 1. The highest BCUT2D eigenvalue weighted by atomic mass is 32.2. The van der Waals surface area contributed by atoms with E-state index in [-0.39, 0.29) is 35.9 Å². The zero-order valence-electron chi connectivity index (χ0n) is 16.1. The summed E-state index contributed by atoms with van der Waals surface area (Å²) >= 11 is 0. The minimum absolute atomic E-state index is 0.0410. The third-order valence-electron chi connectivity index (χ3n) is 6.10. The second kappa shape index (κ2) is 7.41. The van der Waals surface area contributed by atoms with Gasteiger partial charge >= 0.3 is 6.03 Å². The average molecular weight is 400 g/mol. The molecule has 0 aromatic rings. The number of sulfone groups is 1. The highest BCUT2D eigenvalue weighted by molar-refractivity contribution is 7.91. The second-order valence-corrected chi connectivity index (χ2v) is 10.5. The first-order valence-electron chi connectivity index (χ1n) is 9.81. The Balaban J connectivity index is 1.70. The van der Waals surface area contributed by atoms with Crippen LogP contribution in [0.25, 0.3) is 0 Å². The van der Waals surface area contributed by atoms with E-state index in [0.717, 1.165) is 17.7 Å². The molecule has 1 N–H and O–H groups in total. The molecule has 1 atom stereocenters. The Labute approximate surface area is 160 Å². The van der Waals surface area contributed by atoms with E-state index in [0.29, 0.717) is 38.1 Å². The van der Waals surface area contributed by atoms with E-state index in [4.69, 9.17) is 0 Å². The minimum Gasteiger partial charge on any atom is -0.337 e. The van der Waals surface area contributed by atoms with Gasteiger partial charge in [0.2, 0.25) is 5.91 Å². The summed E-state index contributed by atoms with van der Waals surface area (Å²) in [6.07, 6.45) is 4.04. The smallest absolute Gasteiger partial charge is 0.325 e. The maximum Gasteiger partial charge on any atom is 0.325 e. The van der Waals surface area contributed by atoms with Gasteiger partial charge in [-0.15, -0.1) is 0 Å². The highest BCUT2D eigenvalue weighted by Crippen LogP contribution is 2.36. The van der Waals surface area contributed by atoms with Crippen LogP contribution in [0.1, 0.15) is 52.4 Å². The summed E-state index contributed by atoms with van der Waals surface area (Å²) in [4.78, 5) is 40.7. The third-order valence-corrected chi connectivity index (χ3v) is 7.85. The summed E-state index contributed by atoms with van der Waals surface area (Å²) in [5, 5.41) is 2.82. The van der Waals surface area contributed by atoms with Crippen LogP contribution in [0, 0.1) is 5.92 Å². The van der Waals surface area contributed by atoms with Gasteiger partial charge in [0.15, 0.2) is 9.84 Å². The zero-order chi connectivity index (χ0) is 19.8. The molecule has 1 saturated carbocycles. The average Bonchev–Trinajstić information content (AvgIpc) is 3.07. The van der Waals surface area contributed by atoms with Crippen LogP contribution in [0.4, 0.5) is 4.79 Å². The molecule has 0 aromatic carbocycles. The fourth-order valence-corrected chi connectivity index (χ4v) is 6.14. The van der Waals surface area contributed by atoms with Gasteiger partial charge in [0.05, 0.1) is 11.5 Å². The number of carbonyl (C=O) groups excluding carboxylic acids is 3. The van der Waals surface area contributed by atoms with Gasteiger partial charge in [-0.25, -0.2) is 13.2 Å². The molecule has 2 heterocycles. The molecule has 1 spiro atoms. The molecule has 1 aliphatic carbocycles. The summed E-state index contributed by atoms with van der Waals surface area (Å²) < 4.78 is 23.6. The van der Waals surface area contributed by atoms with Gasteiger partial charge in [-0.3, -0.25) is 14.5 Å². The van der Waals surface area contributed by atoms with Gasteiger partial charge in [-0.05, 0) is 44.4 Å². The molecule has 0 bridgehead atoms. The van der Waals surface area contributed by atoms with Crippen molar-refractivity contribution in [1.82, 2.24) is 15.1 Å². The van der Waals surface area contributed by atoms with E-state index in [9.17, 15) is 22.8 Å². The van der Waals surface area contributed by atoms with Crippen molar-refractivity contribution < 1.29 is 22.8 Å². The SMILES string of the molecule is CCCN(C(=O)CN1C(=O)NC2(CCC(C)CC2)C1=O)C1CCS(=O)(=O)C1. The molecule has 3 aliphatic rings. The lowest BCUT2D eigenvalue weighted by atomic mass is 9.77. The Morgan fingerprint density at radius 1 is 1.26 bits per heavy atom. The first-order valence-corrected chi connectivity index (χ1v) is 11.6. The van der Waals surface area contributed by atoms with Crippen molar-refractivity contribution >= 4 is 27.7 Å². The largest absolute Gasteiger partial charge is 0.337 e. The normalized spacial score (nSPS) is 32.7. The topological polar surface area (TPSA) is 104 Å².